The van der Waals surface area contributed by atoms with Gasteiger partial charge in [-0.25, -0.2) is 0 Å². The number of benzene rings is 1. The summed E-state index contributed by atoms with van der Waals surface area (Å²) in [4.78, 5) is 16.1. The van der Waals surface area contributed by atoms with Crippen molar-refractivity contribution in [2.24, 2.45) is 4.99 Å². The van der Waals surface area contributed by atoms with Crippen LogP contribution in [0.2, 0.25) is 0 Å². The molecule has 26 heavy (non-hydrogen) atoms. The number of halogens is 1. The summed E-state index contributed by atoms with van der Waals surface area (Å²) in [6.07, 6.45) is 2.18. The smallest absolute Gasteiger partial charge is 0.221 e. The fraction of sp³-hybridized carbons (Fsp3) is 0.556. The molecule has 1 aliphatic heterocycles. The number of fused-ring (bicyclic) bond motifs is 1. The SMILES string of the molecule is CCCNC(=O)CCN=C(NCC)Nc1ccc2c(c1)OCCCO2.I. The zero-order valence-corrected chi connectivity index (χ0v) is 17.8. The van der Waals surface area contributed by atoms with Crippen LogP contribution in [0.1, 0.15) is 33.1 Å². The Morgan fingerprint density at radius 1 is 1.15 bits per heavy atom. The van der Waals surface area contributed by atoms with Crippen LogP contribution < -0.4 is 25.4 Å². The van der Waals surface area contributed by atoms with Crippen molar-refractivity contribution in [3.05, 3.63) is 18.2 Å². The van der Waals surface area contributed by atoms with E-state index in [2.05, 4.69) is 20.9 Å². The molecular formula is C18H29IN4O3. The van der Waals surface area contributed by atoms with Gasteiger partial charge in [-0.15, -0.1) is 24.0 Å². The number of nitrogens with one attached hydrogen (secondary N) is 3. The molecule has 0 unspecified atom stereocenters. The third kappa shape index (κ3) is 7.67. The number of amides is 1. The maximum absolute atomic E-state index is 11.6. The number of nitrogens with zero attached hydrogens (tertiary/aromatic N) is 1. The van der Waals surface area contributed by atoms with Gasteiger partial charge in [-0.2, -0.15) is 0 Å². The predicted octanol–water partition coefficient (Wildman–Crippen LogP) is 2.76. The molecule has 1 aromatic carbocycles. The van der Waals surface area contributed by atoms with Gasteiger partial charge < -0.3 is 25.4 Å². The van der Waals surface area contributed by atoms with Gasteiger partial charge in [0.15, 0.2) is 17.5 Å². The normalized spacial score (nSPS) is 13.2. The van der Waals surface area contributed by atoms with E-state index in [4.69, 9.17) is 9.47 Å². The van der Waals surface area contributed by atoms with Crippen LogP contribution in [-0.4, -0.2) is 44.7 Å². The van der Waals surface area contributed by atoms with Crippen molar-refractivity contribution in [2.75, 3.05) is 38.2 Å². The molecule has 8 heteroatoms. The van der Waals surface area contributed by atoms with Gasteiger partial charge in [-0.05, 0) is 25.5 Å². The molecule has 2 rings (SSSR count). The highest BCUT2D eigenvalue weighted by molar-refractivity contribution is 14.0. The summed E-state index contributed by atoms with van der Waals surface area (Å²) in [6.45, 7) is 7.22. The van der Waals surface area contributed by atoms with Crippen LogP contribution in [0.4, 0.5) is 5.69 Å². The molecule has 0 bridgehead atoms. The second kappa shape index (κ2) is 12.6. The van der Waals surface area contributed by atoms with Crippen LogP contribution in [0.25, 0.3) is 0 Å². The number of carbonyl (C=O) groups is 1. The monoisotopic (exact) mass is 476 g/mol. The summed E-state index contributed by atoms with van der Waals surface area (Å²) in [6, 6.07) is 5.72. The van der Waals surface area contributed by atoms with Crippen LogP contribution in [0.15, 0.2) is 23.2 Å². The molecule has 0 aromatic heterocycles. The average molecular weight is 476 g/mol. The van der Waals surface area contributed by atoms with E-state index >= 15 is 0 Å². The fourth-order valence-electron chi connectivity index (χ4n) is 2.31. The first-order valence-corrected chi connectivity index (χ1v) is 8.94. The number of hydrogen-bond donors (Lipinski definition) is 3. The maximum Gasteiger partial charge on any atom is 0.221 e. The highest BCUT2D eigenvalue weighted by Gasteiger charge is 2.11. The summed E-state index contributed by atoms with van der Waals surface area (Å²) in [5, 5.41) is 9.26. The Hall–Kier alpha value is -1.71. The van der Waals surface area contributed by atoms with Gasteiger partial charge in [-0.3, -0.25) is 9.79 Å². The molecule has 0 aliphatic carbocycles. The number of ether oxygens (including phenoxy) is 2. The number of hydrogen-bond acceptors (Lipinski definition) is 4. The quantitative estimate of drug-likeness (QED) is 0.320. The van der Waals surface area contributed by atoms with Crippen molar-refractivity contribution in [2.45, 2.75) is 33.1 Å². The van der Waals surface area contributed by atoms with E-state index in [0.717, 1.165) is 36.6 Å². The highest BCUT2D eigenvalue weighted by atomic mass is 127. The highest BCUT2D eigenvalue weighted by Crippen LogP contribution is 2.32. The van der Waals surface area contributed by atoms with Crippen LogP contribution in [0.5, 0.6) is 11.5 Å². The standard InChI is InChI=1S/C18H28N4O3.HI/c1-3-9-20-17(23)8-10-21-18(19-4-2)22-14-6-7-15-16(13-14)25-12-5-11-24-15;/h6-7,13H,3-5,8-12H2,1-2H3,(H,20,23)(H2,19,21,22);1H. The average Bonchev–Trinajstić information content (AvgIpc) is 2.85. The van der Waals surface area contributed by atoms with Gasteiger partial charge >= 0.3 is 0 Å². The first-order chi connectivity index (χ1) is 12.2. The van der Waals surface area contributed by atoms with Gasteiger partial charge in [0.05, 0.1) is 19.8 Å². The van der Waals surface area contributed by atoms with Crippen LogP contribution >= 0.6 is 24.0 Å². The number of guanidine groups is 1. The Morgan fingerprint density at radius 2 is 1.92 bits per heavy atom. The minimum absolute atomic E-state index is 0. The lowest BCUT2D eigenvalue weighted by atomic mass is 10.2. The minimum atomic E-state index is 0. The van der Waals surface area contributed by atoms with Gasteiger partial charge in [-0.1, -0.05) is 6.92 Å². The van der Waals surface area contributed by atoms with Gasteiger partial charge in [0.1, 0.15) is 0 Å². The second-order valence-corrected chi connectivity index (χ2v) is 5.70. The second-order valence-electron chi connectivity index (χ2n) is 5.70. The molecule has 0 saturated carbocycles. The van der Waals surface area contributed by atoms with E-state index < -0.39 is 0 Å². The van der Waals surface area contributed by atoms with Crippen molar-refractivity contribution in [3.63, 3.8) is 0 Å². The molecule has 3 N–H and O–H groups in total. The Bertz CT molecular complexity index is 596. The zero-order chi connectivity index (χ0) is 17.9. The molecule has 0 radical (unpaired) electrons. The molecule has 1 heterocycles. The summed E-state index contributed by atoms with van der Waals surface area (Å²) in [5.41, 5.74) is 0.861. The van der Waals surface area contributed by atoms with E-state index in [0.29, 0.717) is 38.7 Å². The first kappa shape index (κ1) is 22.3. The summed E-state index contributed by atoms with van der Waals surface area (Å²) >= 11 is 0. The predicted molar refractivity (Wildman–Crippen MR) is 115 cm³/mol. The summed E-state index contributed by atoms with van der Waals surface area (Å²) in [7, 11) is 0. The van der Waals surface area contributed by atoms with E-state index in [1.807, 2.05) is 32.0 Å². The van der Waals surface area contributed by atoms with Crippen molar-refractivity contribution in [1.82, 2.24) is 10.6 Å². The lowest BCUT2D eigenvalue weighted by molar-refractivity contribution is -0.120. The Kier molecular flexibility index (Phi) is 10.8. The summed E-state index contributed by atoms with van der Waals surface area (Å²) < 4.78 is 11.3. The minimum Gasteiger partial charge on any atom is -0.490 e. The first-order valence-electron chi connectivity index (χ1n) is 8.94. The molecule has 7 nitrogen and oxygen atoms in total. The van der Waals surface area contributed by atoms with Gasteiger partial charge in [0, 0.05) is 37.7 Å². The molecule has 1 amide bonds. The third-order valence-corrected chi connectivity index (χ3v) is 3.54. The van der Waals surface area contributed by atoms with Crippen molar-refractivity contribution < 1.29 is 14.3 Å². The van der Waals surface area contributed by atoms with Gasteiger partial charge in [0.2, 0.25) is 5.91 Å². The van der Waals surface area contributed by atoms with Crippen molar-refractivity contribution in [1.29, 1.82) is 0 Å². The Morgan fingerprint density at radius 3 is 2.65 bits per heavy atom. The van der Waals surface area contributed by atoms with E-state index in [1.165, 1.54) is 0 Å². The molecule has 146 valence electrons. The van der Waals surface area contributed by atoms with Crippen LogP contribution in [0, 0.1) is 0 Å². The lowest BCUT2D eigenvalue weighted by Crippen LogP contribution is -2.31. The molecule has 0 saturated heterocycles. The van der Waals surface area contributed by atoms with E-state index in [9.17, 15) is 4.79 Å². The van der Waals surface area contributed by atoms with Crippen molar-refractivity contribution in [3.8, 4) is 11.5 Å². The Balaban J connectivity index is 0.00000338. The Labute approximate surface area is 172 Å². The topological polar surface area (TPSA) is 84.0 Å². The largest absolute Gasteiger partial charge is 0.490 e. The number of rotatable bonds is 7. The van der Waals surface area contributed by atoms with E-state index in [1.54, 1.807) is 0 Å². The van der Waals surface area contributed by atoms with Crippen LogP contribution in [0.3, 0.4) is 0 Å². The van der Waals surface area contributed by atoms with Gasteiger partial charge in [0.25, 0.3) is 0 Å². The van der Waals surface area contributed by atoms with E-state index in [-0.39, 0.29) is 29.9 Å². The molecule has 0 spiro atoms. The molecule has 0 atom stereocenters. The number of aliphatic imine (C=N–C) groups is 1. The molecule has 0 fully saturated rings. The number of anilines is 1. The lowest BCUT2D eigenvalue weighted by Gasteiger charge is -2.13. The molecular weight excluding hydrogens is 447 g/mol. The number of carbonyl (C=O) groups excluding carboxylic acids is 1. The maximum atomic E-state index is 11.6. The van der Waals surface area contributed by atoms with Crippen molar-refractivity contribution >= 4 is 41.5 Å². The molecule has 1 aromatic rings. The van der Waals surface area contributed by atoms with Crippen LogP contribution in [-0.2, 0) is 4.79 Å². The third-order valence-electron chi connectivity index (χ3n) is 3.54. The fourth-order valence-corrected chi connectivity index (χ4v) is 2.31. The zero-order valence-electron chi connectivity index (χ0n) is 15.5. The summed E-state index contributed by atoms with van der Waals surface area (Å²) in [5.74, 6) is 2.16. The molecule has 1 aliphatic rings.